The summed E-state index contributed by atoms with van der Waals surface area (Å²) in [6.07, 6.45) is 1.42. The van der Waals surface area contributed by atoms with Gasteiger partial charge in [0.25, 0.3) is 5.52 Å². The van der Waals surface area contributed by atoms with Crippen LogP contribution in [0, 0.1) is 5.21 Å². The molecule has 0 atom stereocenters. The van der Waals surface area contributed by atoms with E-state index in [0.29, 0.717) is 11.1 Å². The molecule has 15 heavy (non-hydrogen) atoms. The minimum absolute atomic E-state index is 0.178. The summed E-state index contributed by atoms with van der Waals surface area (Å²) in [7, 11) is 1.42. The molecule has 0 spiro atoms. The van der Waals surface area contributed by atoms with Crippen LogP contribution < -0.4 is 4.90 Å². The van der Waals surface area contributed by atoms with Gasteiger partial charge in [-0.25, -0.2) is 0 Å². The molecule has 78 valence electrons. The number of aromatic nitrogens is 2. The molecule has 0 N–H and O–H groups in total. The number of halogens is 1. The van der Waals surface area contributed by atoms with Crippen molar-refractivity contribution in [2.75, 3.05) is 7.11 Å². The molecule has 0 amide bonds. The maximum atomic E-state index is 11.2. The van der Waals surface area contributed by atoms with Crippen LogP contribution in [-0.2, 0) is 4.84 Å². The van der Waals surface area contributed by atoms with Gasteiger partial charge in [0.2, 0.25) is 5.52 Å². The molecule has 0 saturated carbocycles. The standard InChI is InChI=1S/C8H6ClN3O3/c1-14-10-4-5-2-3-6(9)8-7(5)11-15-12(8)13/h2-4H,1H3/b10-4+. The fourth-order valence-electron chi connectivity index (χ4n) is 1.17. The molecule has 0 unspecified atom stereocenters. The Kier molecular flexibility index (Phi) is 2.42. The molecular formula is C8H6ClN3O3. The lowest BCUT2D eigenvalue weighted by Gasteiger charge is -1.93. The fraction of sp³-hybridized carbons (Fsp3) is 0.125. The van der Waals surface area contributed by atoms with Crippen LogP contribution in [0.2, 0.25) is 5.02 Å². The molecule has 2 rings (SSSR count). The van der Waals surface area contributed by atoms with Crippen LogP contribution in [0.5, 0.6) is 0 Å². The van der Waals surface area contributed by atoms with E-state index in [1.54, 1.807) is 12.1 Å². The van der Waals surface area contributed by atoms with Crippen molar-refractivity contribution < 1.29 is 14.4 Å². The molecule has 1 heterocycles. The molecule has 1 aromatic heterocycles. The van der Waals surface area contributed by atoms with Gasteiger partial charge in [-0.15, -0.1) is 0 Å². The summed E-state index contributed by atoms with van der Waals surface area (Å²) >= 11 is 5.81. The van der Waals surface area contributed by atoms with Gasteiger partial charge in [-0.2, -0.15) is 0 Å². The smallest absolute Gasteiger partial charge is 0.258 e. The van der Waals surface area contributed by atoms with E-state index in [1.165, 1.54) is 13.3 Å². The van der Waals surface area contributed by atoms with Crippen molar-refractivity contribution >= 4 is 28.8 Å². The van der Waals surface area contributed by atoms with Crippen molar-refractivity contribution in [3.8, 4) is 0 Å². The van der Waals surface area contributed by atoms with Gasteiger partial charge in [-0.3, -0.25) is 4.63 Å². The van der Waals surface area contributed by atoms with Crippen LogP contribution >= 0.6 is 11.6 Å². The van der Waals surface area contributed by atoms with E-state index in [4.69, 9.17) is 11.6 Å². The first-order chi connectivity index (χ1) is 7.24. The SMILES string of the molecule is CO/N=C/c1ccc(Cl)c2c1no[n+]2[O-]. The maximum absolute atomic E-state index is 11.2. The largest absolute Gasteiger partial charge is 0.399 e. The van der Waals surface area contributed by atoms with Crippen LogP contribution in [0.1, 0.15) is 5.56 Å². The Morgan fingerprint density at radius 3 is 3.20 bits per heavy atom. The third-order valence-electron chi connectivity index (χ3n) is 1.82. The lowest BCUT2D eigenvalue weighted by atomic mass is 10.2. The third kappa shape index (κ3) is 1.59. The van der Waals surface area contributed by atoms with Crippen molar-refractivity contribution in [1.82, 2.24) is 5.16 Å². The molecule has 0 fully saturated rings. The van der Waals surface area contributed by atoms with Crippen molar-refractivity contribution in [2.24, 2.45) is 5.16 Å². The highest BCUT2D eigenvalue weighted by Crippen LogP contribution is 2.21. The number of hydrogen-bond donors (Lipinski definition) is 0. The number of benzene rings is 1. The van der Waals surface area contributed by atoms with Crippen LogP contribution in [0.4, 0.5) is 0 Å². The Labute approximate surface area is 89.2 Å². The van der Waals surface area contributed by atoms with E-state index in [-0.39, 0.29) is 15.4 Å². The normalized spacial score (nSPS) is 11.3. The van der Waals surface area contributed by atoms with E-state index in [9.17, 15) is 5.21 Å². The van der Waals surface area contributed by atoms with Crippen LogP contribution in [0.25, 0.3) is 11.0 Å². The molecule has 0 aliphatic carbocycles. The van der Waals surface area contributed by atoms with Gasteiger partial charge in [0.05, 0.1) is 16.8 Å². The lowest BCUT2D eigenvalue weighted by Crippen LogP contribution is -2.22. The molecule has 0 radical (unpaired) electrons. The average Bonchev–Trinajstić information content (AvgIpc) is 2.61. The average molecular weight is 228 g/mol. The predicted octanol–water partition coefficient (Wildman–Crippen LogP) is 1.09. The van der Waals surface area contributed by atoms with Crippen LogP contribution in [0.15, 0.2) is 21.9 Å². The Bertz CT molecular complexity index is 523. The first-order valence-corrected chi connectivity index (χ1v) is 4.36. The van der Waals surface area contributed by atoms with Gasteiger partial charge in [0.15, 0.2) is 0 Å². The zero-order valence-electron chi connectivity index (χ0n) is 7.68. The number of nitrogens with zero attached hydrogens (tertiary/aromatic N) is 3. The molecule has 2 aromatic rings. The fourth-order valence-corrected chi connectivity index (χ4v) is 1.39. The molecule has 6 nitrogen and oxygen atoms in total. The number of rotatable bonds is 2. The molecule has 0 bridgehead atoms. The maximum Gasteiger partial charge on any atom is 0.258 e. The highest BCUT2D eigenvalue weighted by molar-refractivity contribution is 6.34. The highest BCUT2D eigenvalue weighted by atomic mass is 35.5. The van der Waals surface area contributed by atoms with Crippen molar-refractivity contribution in [2.45, 2.75) is 0 Å². The monoisotopic (exact) mass is 227 g/mol. The zero-order chi connectivity index (χ0) is 10.8. The van der Waals surface area contributed by atoms with Gasteiger partial charge in [0, 0.05) is 5.16 Å². The Balaban J connectivity index is 2.67. The van der Waals surface area contributed by atoms with Gasteiger partial charge < -0.3 is 10.0 Å². The summed E-state index contributed by atoms with van der Waals surface area (Å²) in [4.78, 5) is 4.78. The van der Waals surface area contributed by atoms with Crippen LogP contribution in [0.3, 0.4) is 0 Å². The third-order valence-corrected chi connectivity index (χ3v) is 2.12. The van der Waals surface area contributed by atoms with E-state index >= 15 is 0 Å². The van der Waals surface area contributed by atoms with Gasteiger partial charge in [-0.1, -0.05) is 16.8 Å². The Hall–Kier alpha value is -1.82. The summed E-state index contributed by atoms with van der Waals surface area (Å²) in [5, 5.41) is 18.6. The van der Waals surface area contributed by atoms with Crippen LogP contribution in [-0.4, -0.2) is 18.5 Å². The van der Waals surface area contributed by atoms with E-state index in [0.717, 1.165) is 0 Å². The highest BCUT2D eigenvalue weighted by Gasteiger charge is 2.16. The van der Waals surface area contributed by atoms with Gasteiger partial charge in [0.1, 0.15) is 7.11 Å². The molecule has 7 heteroatoms. The second kappa shape index (κ2) is 3.74. The van der Waals surface area contributed by atoms with Crippen molar-refractivity contribution in [1.29, 1.82) is 0 Å². The van der Waals surface area contributed by atoms with E-state index in [2.05, 4.69) is 19.8 Å². The molecule has 1 aromatic carbocycles. The number of hydrogen-bond acceptors (Lipinski definition) is 5. The molecule has 0 aliphatic heterocycles. The topological polar surface area (TPSA) is 74.6 Å². The molecular weight excluding hydrogens is 222 g/mol. The predicted molar refractivity (Wildman–Crippen MR) is 52.6 cm³/mol. The lowest BCUT2D eigenvalue weighted by molar-refractivity contribution is -0.782. The second-order valence-electron chi connectivity index (χ2n) is 2.68. The Morgan fingerprint density at radius 1 is 1.67 bits per heavy atom. The zero-order valence-corrected chi connectivity index (χ0v) is 8.43. The first-order valence-electron chi connectivity index (χ1n) is 3.98. The summed E-state index contributed by atoms with van der Waals surface area (Å²) < 4.78 is 4.44. The van der Waals surface area contributed by atoms with Gasteiger partial charge in [-0.05, 0) is 17.0 Å². The van der Waals surface area contributed by atoms with Gasteiger partial charge >= 0.3 is 0 Å². The minimum Gasteiger partial charge on any atom is -0.399 e. The van der Waals surface area contributed by atoms with E-state index in [1.807, 2.05) is 0 Å². The van der Waals surface area contributed by atoms with Crippen molar-refractivity contribution in [3.05, 3.63) is 27.9 Å². The summed E-state index contributed by atoms with van der Waals surface area (Å²) in [6, 6.07) is 3.22. The minimum atomic E-state index is 0.178. The summed E-state index contributed by atoms with van der Waals surface area (Å²) in [5.41, 5.74) is 1.12. The molecule has 0 saturated heterocycles. The summed E-state index contributed by atoms with van der Waals surface area (Å²) in [5.74, 6) is 0. The quantitative estimate of drug-likeness (QED) is 0.437. The first kappa shape index (κ1) is 9.72. The Morgan fingerprint density at radius 2 is 2.47 bits per heavy atom. The number of oxime groups is 1. The molecule has 0 aliphatic rings. The van der Waals surface area contributed by atoms with E-state index < -0.39 is 0 Å². The number of fused-ring (bicyclic) bond motifs is 1. The second-order valence-corrected chi connectivity index (χ2v) is 3.09. The summed E-state index contributed by atoms with van der Waals surface area (Å²) in [6.45, 7) is 0. The van der Waals surface area contributed by atoms with Crippen molar-refractivity contribution in [3.63, 3.8) is 0 Å².